The molecule has 0 amide bonds. The second-order valence-electron chi connectivity index (χ2n) is 0. The summed E-state index contributed by atoms with van der Waals surface area (Å²) >= 11 is 0. The van der Waals surface area contributed by atoms with E-state index in [2.05, 4.69) is 0 Å². The molecule has 0 saturated heterocycles. The molecular formula is CH8AlLiO. The Hall–Kier alpha value is 1.09. The topological polar surface area (TPSA) is 20.2 Å². The van der Waals surface area contributed by atoms with E-state index in [0.717, 1.165) is 7.11 Å². The van der Waals surface area contributed by atoms with Gasteiger partial charge in [-0.2, -0.15) is 0 Å². The first kappa shape index (κ1) is 19.5. The first-order chi connectivity index (χ1) is 1.00. The van der Waals surface area contributed by atoms with Crippen LogP contribution >= 0.6 is 0 Å². The van der Waals surface area contributed by atoms with E-state index in [-0.39, 0.29) is 36.2 Å². The molecule has 1 nitrogen and oxygen atoms in total. The third-order valence-electron chi connectivity index (χ3n) is 0. The van der Waals surface area contributed by atoms with Crippen molar-refractivity contribution in [1.82, 2.24) is 0 Å². The van der Waals surface area contributed by atoms with Crippen LogP contribution in [0.5, 0.6) is 0 Å². The minimum atomic E-state index is 0. The first-order valence-electron chi connectivity index (χ1n) is 0.447. The zero-order valence-corrected chi connectivity index (χ0v) is 1.45. The van der Waals surface area contributed by atoms with Crippen LogP contribution in [0.15, 0.2) is 0 Å². The van der Waals surface area contributed by atoms with Crippen molar-refractivity contribution in [3.05, 3.63) is 0 Å². The molecule has 0 aliphatic heterocycles. The van der Waals surface area contributed by atoms with E-state index in [4.69, 9.17) is 5.11 Å². The SMILES string of the molecule is CO.[AlH3].[LiH]. The molecule has 0 rings (SSSR count). The first-order valence-corrected chi connectivity index (χ1v) is 0.447. The number of hydrogen-bond acceptors (Lipinski definition) is 1. The zero-order chi connectivity index (χ0) is 2.00. The van der Waals surface area contributed by atoms with Gasteiger partial charge in [-0.3, -0.25) is 0 Å². The quantitative estimate of drug-likeness (QED) is 0.320. The van der Waals surface area contributed by atoms with Crippen molar-refractivity contribution in [2.75, 3.05) is 7.11 Å². The Morgan fingerprint density at radius 3 is 1.25 bits per heavy atom. The summed E-state index contributed by atoms with van der Waals surface area (Å²) in [5, 5.41) is 7.00. The molecule has 0 aliphatic carbocycles. The summed E-state index contributed by atoms with van der Waals surface area (Å²) in [5.41, 5.74) is 0. The third-order valence-corrected chi connectivity index (χ3v) is 0. The average molecular weight is 70.0 g/mol. The Morgan fingerprint density at radius 2 is 1.25 bits per heavy atom. The Bertz CT molecular complexity index is 8.00. The Morgan fingerprint density at radius 1 is 1.25 bits per heavy atom. The maximum absolute atomic E-state index is 7.00. The molecule has 0 heterocycles. The van der Waals surface area contributed by atoms with Crippen molar-refractivity contribution in [3.63, 3.8) is 0 Å². The molecule has 0 aromatic carbocycles. The van der Waals surface area contributed by atoms with Gasteiger partial charge in [0.25, 0.3) is 0 Å². The van der Waals surface area contributed by atoms with E-state index in [1.54, 1.807) is 0 Å². The predicted molar refractivity (Wildman–Crippen MR) is 25.2 cm³/mol. The van der Waals surface area contributed by atoms with E-state index >= 15 is 0 Å². The molecule has 22 valence electrons. The molecular weight excluding hydrogens is 61.9 g/mol. The van der Waals surface area contributed by atoms with Gasteiger partial charge in [0.1, 0.15) is 0 Å². The van der Waals surface area contributed by atoms with Crippen LogP contribution in [0.1, 0.15) is 0 Å². The Balaban J connectivity index is -0.00000000500. The van der Waals surface area contributed by atoms with E-state index in [9.17, 15) is 0 Å². The van der Waals surface area contributed by atoms with Gasteiger partial charge in [0.15, 0.2) is 17.4 Å². The Labute approximate surface area is 48.7 Å². The second kappa shape index (κ2) is 32.9. The van der Waals surface area contributed by atoms with Crippen LogP contribution < -0.4 is 0 Å². The summed E-state index contributed by atoms with van der Waals surface area (Å²) in [7, 11) is 1.00. The van der Waals surface area contributed by atoms with Gasteiger partial charge in [-0.1, -0.05) is 0 Å². The standard InChI is InChI=1S/CH4O.Al.Li.4H/c1-2;;;;;;/h2H,1H3;;;;;;. The minimum absolute atomic E-state index is 0. The van der Waals surface area contributed by atoms with E-state index < -0.39 is 0 Å². The summed E-state index contributed by atoms with van der Waals surface area (Å²) in [6.45, 7) is 0. The van der Waals surface area contributed by atoms with Crippen molar-refractivity contribution in [2.24, 2.45) is 0 Å². The van der Waals surface area contributed by atoms with Gasteiger partial charge in [-0.25, -0.2) is 0 Å². The summed E-state index contributed by atoms with van der Waals surface area (Å²) in [6.07, 6.45) is 0. The number of aliphatic hydroxyl groups excluding tert-OH is 1. The molecule has 1 N–H and O–H groups in total. The van der Waals surface area contributed by atoms with E-state index in [1.165, 1.54) is 0 Å². The Kier molecular flexibility index (Phi) is 160. The normalized spacial score (nSPS) is 1.50. The molecule has 0 spiro atoms. The zero-order valence-electron chi connectivity index (χ0n) is 1.45. The molecule has 0 aromatic rings. The van der Waals surface area contributed by atoms with E-state index in [1.807, 2.05) is 0 Å². The fourth-order valence-electron chi connectivity index (χ4n) is 0. The van der Waals surface area contributed by atoms with Crippen LogP contribution in [-0.4, -0.2) is 48.4 Å². The van der Waals surface area contributed by atoms with Gasteiger partial charge in [0.2, 0.25) is 0 Å². The van der Waals surface area contributed by atoms with Crippen molar-refractivity contribution < 1.29 is 5.11 Å². The van der Waals surface area contributed by atoms with Gasteiger partial charge < -0.3 is 5.11 Å². The second-order valence-corrected chi connectivity index (χ2v) is 0. The molecule has 0 radical (unpaired) electrons. The van der Waals surface area contributed by atoms with Gasteiger partial charge in [-0.15, -0.1) is 0 Å². The predicted octanol–water partition coefficient (Wildman–Crippen LogP) is -2.22. The van der Waals surface area contributed by atoms with Crippen LogP contribution in [0.2, 0.25) is 0 Å². The van der Waals surface area contributed by atoms with Crippen molar-refractivity contribution in [3.8, 4) is 0 Å². The number of aliphatic hydroxyl groups is 1. The molecule has 0 atom stereocenters. The molecule has 0 aromatic heterocycles. The molecule has 0 fully saturated rings. The van der Waals surface area contributed by atoms with Crippen molar-refractivity contribution in [2.45, 2.75) is 0 Å². The summed E-state index contributed by atoms with van der Waals surface area (Å²) in [4.78, 5) is 0. The number of rotatable bonds is 0. The molecule has 0 aliphatic rings. The van der Waals surface area contributed by atoms with Gasteiger partial charge in [-0.05, 0) is 0 Å². The van der Waals surface area contributed by atoms with Crippen LogP contribution in [-0.2, 0) is 0 Å². The average Bonchev–Trinajstić information content (AvgIpc) is 1.00. The number of hydrogen-bond donors (Lipinski definition) is 1. The van der Waals surface area contributed by atoms with Crippen LogP contribution in [0.4, 0.5) is 0 Å². The molecule has 3 heteroatoms. The monoisotopic (exact) mass is 70.1 g/mol. The third kappa shape index (κ3) is 11.4. The molecule has 0 unspecified atom stereocenters. The summed E-state index contributed by atoms with van der Waals surface area (Å²) in [6, 6.07) is 0. The van der Waals surface area contributed by atoms with E-state index in [0.29, 0.717) is 0 Å². The van der Waals surface area contributed by atoms with Crippen molar-refractivity contribution >= 4 is 36.2 Å². The van der Waals surface area contributed by atoms with Crippen LogP contribution in [0, 0.1) is 0 Å². The van der Waals surface area contributed by atoms with Gasteiger partial charge >= 0.3 is 18.9 Å². The van der Waals surface area contributed by atoms with Crippen LogP contribution in [0.25, 0.3) is 0 Å². The molecule has 0 bridgehead atoms. The van der Waals surface area contributed by atoms with Gasteiger partial charge in [0.05, 0.1) is 0 Å². The van der Waals surface area contributed by atoms with Crippen LogP contribution in [0.3, 0.4) is 0 Å². The fraction of sp³-hybridized carbons (Fsp3) is 1.00. The molecule has 0 saturated carbocycles. The summed E-state index contributed by atoms with van der Waals surface area (Å²) < 4.78 is 0. The van der Waals surface area contributed by atoms with Gasteiger partial charge in [0, 0.05) is 7.11 Å². The summed E-state index contributed by atoms with van der Waals surface area (Å²) in [5.74, 6) is 0. The van der Waals surface area contributed by atoms with Crippen molar-refractivity contribution in [1.29, 1.82) is 0 Å². The molecule has 4 heavy (non-hydrogen) atoms. The fourth-order valence-corrected chi connectivity index (χ4v) is 0. The maximum atomic E-state index is 7.00.